The molecule has 1 unspecified atom stereocenters. The van der Waals surface area contributed by atoms with Crippen LogP contribution in [0.5, 0.6) is 11.5 Å². The van der Waals surface area contributed by atoms with Crippen molar-refractivity contribution in [1.29, 1.82) is 0 Å². The maximum Gasteiger partial charge on any atom is 0.230 e. The van der Waals surface area contributed by atoms with Crippen LogP contribution in [0, 0.1) is 0 Å². The number of fused-ring (bicyclic) bond motifs is 1. The summed E-state index contributed by atoms with van der Waals surface area (Å²) in [5.74, 6) is 1.34. The lowest BCUT2D eigenvalue weighted by Crippen LogP contribution is -2.33. The summed E-state index contributed by atoms with van der Waals surface area (Å²) in [6, 6.07) is 14.0. The standard InChI is InChI=1S/C21H21NO3S2/c1-15(16-6-7-19-20(12-16)25-9-8-24-19)21(23)22(13-17-4-2-10-26-17)14-18-5-3-11-27-18/h2-7,10-12,15H,8-9,13-14H2,1H3. The molecule has 0 saturated carbocycles. The van der Waals surface area contributed by atoms with Crippen LogP contribution in [0.15, 0.2) is 53.2 Å². The molecule has 0 N–H and O–H groups in total. The quantitative estimate of drug-likeness (QED) is 0.591. The lowest BCUT2D eigenvalue weighted by atomic mass is 9.98. The van der Waals surface area contributed by atoms with Crippen LogP contribution in [0.1, 0.15) is 28.2 Å². The topological polar surface area (TPSA) is 38.8 Å². The molecule has 1 aromatic carbocycles. The zero-order chi connectivity index (χ0) is 18.6. The van der Waals surface area contributed by atoms with E-state index in [4.69, 9.17) is 9.47 Å². The molecule has 0 spiro atoms. The maximum absolute atomic E-state index is 13.3. The third kappa shape index (κ3) is 4.17. The Kier molecular flexibility index (Phi) is 5.45. The van der Waals surface area contributed by atoms with Crippen molar-refractivity contribution in [2.45, 2.75) is 25.9 Å². The monoisotopic (exact) mass is 399 g/mol. The highest BCUT2D eigenvalue weighted by molar-refractivity contribution is 7.10. The second kappa shape index (κ2) is 8.15. The van der Waals surface area contributed by atoms with Gasteiger partial charge >= 0.3 is 0 Å². The molecule has 0 aliphatic carbocycles. The van der Waals surface area contributed by atoms with Crippen molar-refractivity contribution in [2.75, 3.05) is 13.2 Å². The first kappa shape index (κ1) is 18.1. The van der Waals surface area contributed by atoms with Gasteiger partial charge in [0.2, 0.25) is 5.91 Å². The fraction of sp³-hybridized carbons (Fsp3) is 0.286. The minimum absolute atomic E-state index is 0.119. The van der Waals surface area contributed by atoms with Crippen LogP contribution < -0.4 is 9.47 Å². The van der Waals surface area contributed by atoms with E-state index in [0.29, 0.717) is 26.3 Å². The third-order valence-corrected chi connectivity index (χ3v) is 6.32. The van der Waals surface area contributed by atoms with E-state index in [9.17, 15) is 4.79 Å². The fourth-order valence-corrected chi connectivity index (χ4v) is 4.58. The summed E-state index contributed by atoms with van der Waals surface area (Å²) in [4.78, 5) is 17.6. The number of amides is 1. The Labute approximate surface area is 167 Å². The summed E-state index contributed by atoms with van der Waals surface area (Å²) in [5.41, 5.74) is 0.951. The van der Waals surface area contributed by atoms with Gasteiger partial charge in [-0.05, 0) is 47.5 Å². The smallest absolute Gasteiger partial charge is 0.230 e. The Morgan fingerprint density at radius 1 is 1.00 bits per heavy atom. The number of benzene rings is 1. The van der Waals surface area contributed by atoms with Gasteiger partial charge in [-0.3, -0.25) is 4.79 Å². The summed E-state index contributed by atoms with van der Waals surface area (Å²) in [6.07, 6.45) is 0. The summed E-state index contributed by atoms with van der Waals surface area (Å²) >= 11 is 3.36. The number of thiophene rings is 2. The average molecular weight is 400 g/mol. The molecular weight excluding hydrogens is 378 g/mol. The van der Waals surface area contributed by atoms with E-state index < -0.39 is 0 Å². The molecule has 1 aliphatic rings. The normalized spacial score (nSPS) is 14.0. The van der Waals surface area contributed by atoms with Crippen molar-refractivity contribution in [3.63, 3.8) is 0 Å². The first-order valence-electron chi connectivity index (χ1n) is 8.94. The van der Waals surface area contributed by atoms with Crippen LogP contribution in [0.25, 0.3) is 0 Å². The van der Waals surface area contributed by atoms with E-state index in [2.05, 4.69) is 12.1 Å². The zero-order valence-corrected chi connectivity index (χ0v) is 16.7. The van der Waals surface area contributed by atoms with Gasteiger partial charge in [0.25, 0.3) is 0 Å². The molecule has 0 fully saturated rings. The second-order valence-corrected chi connectivity index (χ2v) is 8.54. The van der Waals surface area contributed by atoms with Crippen molar-refractivity contribution in [3.05, 3.63) is 68.5 Å². The van der Waals surface area contributed by atoms with Crippen molar-refractivity contribution < 1.29 is 14.3 Å². The van der Waals surface area contributed by atoms with Gasteiger partial charge in [-0.25, -0.2) is 0 Å². The van der Waals surface area contributed by atoms with Crippen LogP contribution in [-0.4, -0.2) is 24.0 Å². The molecule has 2 aromatic heterocycles. The van der Waals surface area contributed by atoms with E-state index in [1.807, 2.05) is 52.9 Å². The predicted octanol–water partition coefficient (Wildman–Crippen LogP) is 4.91. The number of hydrogen-bond donors (Lipinski definition) is 0. The molecule has 1 amide bonds. The Hall–Kier alpha value is -2.31. The summed E-state index contributed by atoms with van der Waals surface area (Å²) in [7, 11) is 0. The minimum atomic E-state index is -0.249. The van der Waals surface area contributed by atoms with Gasteiger partial charge in [0.05, 0.1) is 19.0 Å². The summed E-state index contributed by atoms with van der Waals surface area (Å²) in [5, 5.41) is 4.10. The van der Waals surface area contributed by atoms with Crippen molar-refractivity contribution in [2.24, 2.45) is 0 Å². The van der Waals surface area contributed by atoms with Crippen molar-refractivity contribution >= 4 is 28.6 Å². The molecular formula is C21H21NO3S2. The number of ether oxygens (including phenoxy) is 2. The van der Waals surface area contributed by atoms with E-state index in [-0.39, 0.29) is 11.8 Å². The number of rotatable bonds is 6. The Bertz CT molecular complexity index is 854. The number of hydrogen-bond acceptors (Lipinski definition) is 5. The van der Waals surface area contributed by atoms with Gasteiger partial charge < -0.3 is 14.4 Å². The highest BCUT2D eigenvalue weighted by atomic mass is 32.1. The van der Waals surface area contributed by atoms with Gasteiger partial charge in [0.1, 0.15) is 13.2 Å². The van der Waals surface area contributed by atoms with E-state index in [1.54, 1.807) is 22.7 Å². The molecule has 3 heterocycles. The number of carbonyl (C=O) groups is 1. The van der Waals surface area contributed by atoms with Crippen LogP contribution in [0.4, 0.5) is 0 Å². The minimum Gasteiger partial charge on any atom is -0.486 e. The molecule has 0 saturated heterocycles. The molecule has 27 heavy (non-hydrogen) atoms. The lowest BCUT2D eigenvalue weighted by Gasteiger charge is -2.26. The molecule has 4 nitrogen and oxygen atoms in total. The molecule has 6 heteroatoms. The highest BCUT2D eigenvalue weighted by Gasteiger charge is 2.24. The average Bonchev–Trinajstić information content (AvgIpc) is 3.40. The molecule has 4 rings (SSSR count). The fourth-order valence-electron chi connectivity index (χ4n) is 3.14. The predicted molar refractivity (Wildman–Crippen MR) is 109 cm³/mol. The van der Waals surface area contributed by atoms with Gasteiger partial charge in [0, 0.05) is 9.75 Å². The van der Waals surface area contributed by atoms with Gasteiger partial charge in [-0.1, -0.05) is 18.2 Å². The van der Waals surface area contributed by atoms with E-state index >= 15 is 0 Å². The summed E-state index contributed by atoms with van der Waals surface area (Å²) in [6.45, 7) is 4.33. The van der Waals surface area contributed by atoms with Gasteiger partial charge in [-0.2, -0.15) is 0 Å². The SMILES string of the molecule is CC(C(=O)N(Cc1cccs1)Cc1cccs1)c1ccc2c(c1)OCCO2. The Balaban J connectivity index is 1.56. The largest absolute Gasteiger partial charge is 0.486 e. The molecule has 1 atom stereocenters. The number of carbonyl (C=O) groups excluding carboxylic acids is 1. The molecule has 0 bridgehead atoms. The second-order valence-electron chi connectivity index (χ2n) is 6.48. The van der Waals surface area contributed by atoms with Crippen LogP contribution in [-0.2, 0) is 17.9 Å². The van der Waals surface area contributed by atoms with Crippen LogP contribution in [0.2, 0.25) is 0 Å². The molecule has 3 aromatic rings. The van der Waals surface area contributed by atoms with E-state index in [0.717, 1.165) is 17.1 Å². The third-order valence-electron chi connectivity index (χ3n) is 4.60. The molecule has 0 radical (unpaired) electrons. The van der Waals surface area contributed by atoms with Gasteiger partial charge in [-0.15, -0.1) is 22.7 Å². The first-order chi connectivity index (χ1) is 13.2. The number of nitrogens with zero attached hydrogens (tertiary/aromatic N) is 1. The maximum atomic E-state index is 13.3. The van der Waals surface area contributed by atoms with Gasteiger partial charge in [0.15, 0.2) is 11.5 Å². The Morgan fingerprint density at radius 2 is 1.63 bits per heavy atom. The van der Waals surface area contributed by atoms with Crippen molar-refractivity contribution in [3.8, 4) is 11.5 Å². The first-order valence-corrected chi connectivity index (χ1v) is 10.7. The van der Waals surface area contributed by atoms with Crippen LogP contribution >= 0.6 is 22.7 Å². The summed E-state index contributed by atoms with van der Waals surface area (Å²) < 4.78 is 11.3. The van der Waals surface area contributed by atoms with E-state index in [1.165, 1.54) is 9.75 Å². The molecule has 140 valence electrons. The zero-order valence-electron chi connectivity index (χ0n) is 15.1. The molecule has 1 aliphatic heterocycles. The lowest BCUT2D eigenvalue weighted by molar-refractivity contribution is -0.133. The van der Waals surface area contributed by atoms with Crippen LogP contribution in [0.3, 0.4) is 0 Å². The Morgan fingerprint density at radius 3 is 2.22 bits per heavy atom. The highest BCUT2D eigenvalue weighted by Crippen LogP contribution is 2.34. The van der Waals surface area contributed by atoms with Crippen molar-refractivity contribution in [1.82, 2.24) is 4.90 Å².